The van der Waals surface area contributed by atoms with Gasteiger partial charge in [-0.3, -0.25) is 0 Å². The predicted octanol–water partition coefficient (Wildman–Crippen LogP) is 6.81. The Kier molecular flexibility index (Phi) is 5.57. The Morgan fingerprint density at radius 2 is 1.21 bits per heavy atom. The Labute approximate surface area is 148 Å². The zero-order valence-corrected chi connectivity index (χ0v) is 15.9. The number of hydrogen-bond acceptors (Lipinski definition) is 1. The van der Waals surface area contributed by atoms with Gasteiger partial charge in [0.05, 0.1) is 0 Å². The molecule has 0 spiro atoms. The molecule has 1 heteroatoms. The van der Waals surface area contributed by atoms with Gasteiger partial charge in [-0.2, -0.15) is 0 Å². The van der Waals surface area contributed by atoms with Crippen LogP contribution in [0, 0.1) is 10.8 Å². The Balaban J connectivity index is 1.37. The largest absolute Gasteiger partial charge is 0.507 e. The van der Waals surface area contributed by atoms with E-state index >= 15 is 0 Å². The van der Waals surface area contributed by atoms with Crippen LogP contribution in [0.3, 0.4) is 0 Å². The highest BCUT2D eigenvalue weighted by atomic mass is 16.3. The summed E-state index contributed by atoms with van der Waals surface area (Å²) in [6.45, 7) is 4.83. The first-order chi connectivity index (χ1) is 11.5. The fourth-order valence-corrected chi connectivity index (χ4v) is 3.89. The third-order valence-electron chi connectivity index (χ3n) is 6.61. The average molecular weight is 329 g/mol. The first-order valence-electron chi connectivity index (χ1n) is 10.3. The summed E-state index contributed by atoms with van der Waals surface area (Å²) >= 11 is 0. The van der Waals surface area contributed by atoms with Crippen molar-refractivity contribution in [2.45, 2.75) is 97.3 Å². The van der Waals surface area contributed by atoms with Crippen LogP contribution in [0.15, 0.2) is 18.2 Å². The highest BCUT2D eigenvalue weighted by Crippen LogP contribution is 2.49. The van der Waals surface area contributed by atoms with Gasteiger partial charge in [-0.25, -0.2) is 0 Å². The van der Waals surface area contributed by atoms with E-state index in [1.165, 1.54) is 81.8 Å². The summed E-state index contributed by atoms with van der Waals surface area (Å²) in [5.41, 5.74) is 3.69. The van der Waals surface area contributed by atoms with Gasteiger partial charge in [0.25, 0.3) is 0 Å². The Morgan fingerprint density at radius 3 is 1.71 bits per heavy atom. The van der Waals surface area contributed by atoms with Crippen molar-refractivity contribution in [2.75, 3.05) is 0 Å². The first-order valence-corrected chi connectivity index (χ1v) is 10.3. The molecule has 1 N–H and O–H groups in total. The van der Waals surface area contributed by atoms with Crippen LogP contribution in [-0.2, 0) is 12.8 Å². The number of benzene rings is 1. The van der Waals surface area contributed by atoms with Crippen molar-refractivity contribution >= 4 is 0 Å². The summed E-state index contributed by atoms with van der Waals surface area (Å²) in [7, 11) is 0. The second-order valence-electron chi connectivity index (χ2n) is 9.31. The van der Waals surface area contributed by atoms with Crippen LogP contribution < -0.4 is 0 Å². The van der Waals surface area contributed by atoms with Gasteiger partial charge in [0.2, 0.25) is 0 Å². The summed E-state index contributed by atoms with van der Waals surface area (Å²) < 4.78 is 0. The highest BCUT2D eigenvalue weighted by Gasteiger charge is 2.36. The molecule has 1 aromatic rings. The van der Waals surface area contributed by atoms with E-state index in [9.17, 15) is 5.11 Å². The SMILES string of the molecule is CC1(CCCCCc2cccc(CCCCC3(C)CC3)c2O)CC1. The van der Waals surface area contributed by atoms with Gasteiger partial charge in [0.1, 0.15) is 5.75 Å². The summed E-state index contributed by atoms with van der Waals surface area (Å²) in [5.74, 6) is 0.587. The molecule has 2 saturated carbocycles. The molecule has 0 amide bonds. The Hall–Kier alpha value is -0.980. The molecule has 2 fully saturated rings. The molecule has 0 aliphatic heterocycles. The van der Waals surface area contributed by atoms with E-state index in [4.69, 9.17) is 0 Å². The van der Waals surface area contributed by atoms with Crippen LogP contribution in [0.4, 0.5) is 0 Å². The minimum atomic E-state index is 0.587. The average Bonchev–Trinajstić information content (AvgIpc) is 3.47. The third kappa shape index (κ3) is 5.26. The molecule has 2 aliphatic rings. The molecule has 0 bridgehead atoms. The molecule has 0 radical (unpaired) electrons. The molecule has 3 rings (SSSR count). The predicted molar refractivity (Wildman–Crippen MR) is 103 cm³/mol. The van der Waals surface area contributed by atoms with Crippen molar-refractivity contribution < 1.29 is 5.11 Å². The van der Waals surface area contributed by atoms with Crippen molar-refractivity contribution in [1.29, 1.82) is 0 Å². The quantitative estimate of drug-likeness (QED) is 0.442. The van der Waals surface area contributed by atoms with Crippen molar-refractivity contribution in [3.63, 3.8) is 0 Å². The maximum absolute atomic E-state index is 10.6. The monoisotopic (exact) mass is 328 g/mol. The van der Waals surface area contributed by atoms with Crippen molar-refractivity contribution in [2.24, 2.45) is 10.8 Å². The van der Waals surface area contributed by atoms with Gasteiger partial charge in [0.15, 0.2) is 0 Å². The molecule has 0 saturated heterocycles. The van der Waals surface area contributed by atoms with Crippen molar-refractivity contribution in [1.82, 2.24) is 0 Å². The van der Waals surface area contributed by atoms with E-state index in [1.807, 2.05) is 0 Å². The highest BCUT2D eigenvalue weighted by molar-refractivity contribution is 5.40. The normalized spacial score (nSPS) is 20.1. The maximum atomic E-state index is 10.6. The van der Waals surface area contributed by atoms with E-state index in [0.717, 1.165) is 12.8 Å². The fourth-order valence-electron chi connectivity index (χ4n) is 3.89. The van der Waals surface area contributed by atoms with E-state index < -0.39 is 0 Å². The second-order valence-corrected chi connectivity index (χ2v) is 9.31. The van der Waals surface area contributed by atoms with Crippen molar-refractivity contribution in [3.8, 4) is 5.75 Å². The molecule has 134 valence electrons. The van der Waals surface area contributed by atoms with Crippen LogP contribution in [-0.4, -0.2) is 5.11 Å². The lowest BCUT2D eigenvalue weighted by atomic mass is 9.96. The molecule has 0 heterocycles. The van der Waals surface area contributed by atoms with Gasteiger partial charge in [-0.15, -0.1) is 0 Å². The number of aryl methyl sites for hydroxylation is 2. The Morgan fingerprint density at radius 1 is 0.750 bits per heavy atom. The number of hydrogen-bond donors (Lipinski definition) is 1. The van der Waals surface area contributed by atoms with Crippen LogP contribution in [0.2, 0.25) is 0 Å². The maximum Gasteiger partial charge on any atom is 0.121 e. The van der Waals surface area contributed by atoms with Crippen LogP contribution in [0.5, 0.6) is 5.75 Å². The van der Waals surface area contributed by atoms with Crippen molar-refractivity contribution in [3.05, 3.63) is 29.3 Å². The van der Waals surface area contributed by atoms with Gasteiger partial charge in [-0.05, 0) is 86.2 Å². The number of phenols is 1. The van der Waals surface area contributed by atoms with Gasteiger partial charge < -0.3 is 5.11 Å². The van der Waals surface area contributed by atoms with E-state index in [-0.39, 0.29) is 0 Å². The third-order valence-corrected chi connectivity index (χ3v) is 6.61. The lowest BCUT2D eigenvalue weighted by Crippen LogP contribution is -1.96. The van der Waals surface area contributed by atoms with E-state index in [2.05, 4.69) is 32.0 Å². The van der Waals surface area contributed by atoms with E-state index in [0.29, 0.717) is 16.6 Å². The van der Waals surface area contributed by atoms with Gasteiger partial charge in [-0.1, -0.05) is 51.3 Å². The van der Waals surface area contributed by atoms with E-state index in [1.54, 1.807) is 0 Å². The fraction of sp³-hybridized carbons (Fsp3) is 0.739. The first kappa shape index (κ1) is 17.8. The number of rotatable bonds is 11. The summed E-state index contributed by atoms with van der Waals surface area (Å²) in [6, 6.07) is 6.37. The number of unbranched alkanes of at least 4 members (excludes halogenated alkanes) is 3. The number of para-hydroxylation sites is 1. The number of aromatic hydroxyl groups is 1. The second kappa shape index (κ2) is 7.50. The van der Waals surface area contributed by atoms with Gasteiger partial charge in [0, 0.05) is 0 Å². The molecule has 0 unspecified atom stereocenters. The van der Waals surface area contributed by atoms with Gasteiger partial charge >= 0.3 is 0 Å². The van der Waals surface area contributed by atoms with Crippen LogP contribution in [0.25, 0.3) is 0 Å². The minimum Gasteiger partial charge on any atom is -0.507 e. The molecule has 24 heavy (non-hydrogen) atoms. The summed E-state index contributed by atoms with van der Waals surface area (Å²) in [4.78, 5) is 0. The zero-order chi connectivity index (χ0) is 17.0. The minimum absolute atomic E-state index is 0.587. The topological polar surface area (TPSA) is 20.2 Å². The smallest absolute Gasteiger partial charge is 0.121 e. The summed E-state index contributed by atoms with van der Waals surface area (Å²) in [5, 5.41) is 10.6. The molecule has 2 aliphatic carbocycles. The Bertz CT molecular complexity index is 537. The molecular formula is C23H36O. The molecule has 1 nitrogen and oxygen atoms in total. The van der Waals surface area contributed by atoms with Crippen LogP contribution >= 0.6 is 0 Å². The standard InChI is InChI=1S/C23H36O/c1-22(15-16-22)13-6-3-4-9-19-11-8-12-20(21(19)24)10-5-7-14-23(2)17-18-23/h8,11-12,24H,3-7,9-10,13-18H2,1-2H3. The summed E-state index contributed by atoms with van der Waals surface area (Å²) in [6.07, 6.45) is 17.0. The molecule has 1 aromatic carbocycles. The molecular weight excluding hydrogens is 292 g/mol. The lowest BCUT2D eigenvalue weighted by Gasteiger charge is -2.12. The number of phenolic OH excluding ortho intramolecular Hbond substituents is 1. The zero-order valence-electron chi connectivity index (χ0n) is 15.9. The van der Waals surface area contributed by atoms with Crippen LogP contribution in [0.1, 0.15) is 95.6 Å². The molecule has 0 aromatic heterocycles. The lowest BCUT2D eigenvalue weighted by molar-refractivity contribution is 0.449. The molecule has 0 atom stereocenters.